The number of H-pyrrole nitrogens is 1. The average Bonchev–Trinajstić information content (AvgIpc) is 3.10. The molecule has 2 saturated heterocycles. The third kappa shape index (κ3) is 3.02. The van der Waals surface area contributed by atoms with Crippen LogP contribution >= 0.6 is 23.4 Å². The number of halogens is 1. The minimum Gasteiger partial charge on any atom is -0.365 e. The highest BCUT2D eigenvalue weighted by Gasteiger charge is 2.33. The van der Waals surface area contributed by atoms with Gasteiger partial charge in [0, 0.05) is 37.0 Å². The van der Waals surface area contributed by atoms with Gasteiger partial charge in [-0.15, -0.1) is 0 Å². The van der Waals surface area contributed by atoms with Crippen molar-refractivity contribution in [2.24, 2.45) is 0 Å². The summed E-state index contributed by atoms with van der Waals surface area (Å²) >= 11 is 8.43. The van der Waals surface area contributed by atoms with Crippen molar-refractivity contribution >= 4 is 40.1 Å². The summed E-state index contributed by atoms with van der Waals surface area (Å²) in [6.07, 6.45) is 2.34. The minimum absolute atomic E-state index is 0.181. The van der Waals surface area contributed by atoms with Gasteiger partial charge in [-0.25, -0.2) is 4.98 Å². The quantitative estimate of drug-likeness (QED) is 0.816. The molecule has 2 aliphatic rings. The van der Waals surface area contributed by atoms with Gasteiger partial charge in [-0.1, -0.05) is 44.1 Å². The summed E-state index contributed by atoms with van der Waals surface area (Å²) in [7, 11) is 0. The fourth-order valence-corrected chi connectivity index (χ4v) is 4.86. The molecule has 24 heavy (non-hydrogen) atoms. The van der Waals surface area contributed by atoms with Crippen LogP contribution in [0.4, 0.5) is 5.69 Å². The van der Waals surface area contributed by atoms with Crippen LogP contribution in [0.15, 0.2) is 17.3 Å². The second-order valence-corrected chi connectivity index (χ2v) is 9.62. The second-order valence-electron chi connectivity index (χ2n) is 7.51. The fraction of sp³-hybridized carbons (Fsp3) is 0.611. The summed E-state index contributed by atoms with van der Waals surface area (Å²) in [5, 5.41) is 1.80. The molecular formula is C18H25ClN4S. The molecule has 4 nitrogen and oxygen atoms in total. The first kappa shape index (κ1) is 16.6. The van der Waals surface area contributed by atoms with Crippen molar-refractivity contribution in [2.75, 3.05) is 31.1 Å². The molecule has 2 unspecified atom stereocenters. The van der Waals surface area contributed by atoms with Crippen molar-refractivity contribution in [1.29, 1.82) is 0 Å². The summed E-state index contributed by atoms with van der Waals surface area (Å²) in [4.78, 5) is 13.3. The number of thioether (sulfide) groups is 1. The number of hydrogen-bond donors (Lipinski definition) is 1. The van der Waals surface area contributed by atoms with Gasteiger partial charge in [0.1, 0.15) is 0 Å². The summed E-state index contributed by atoms with van der Waals surface area (Å²) in [5.74, 6) is 0. The van der Waals surface area contributed by atoms with Crippen LogP contribution in [-0.4, -0.2) is 51.8 Å². The maximum Gasteiger partial charge on any atom is 0.166 e. The Labute approximate surface area is 152 Å². The van der Waals surface area contributed by atoms with E-state index in [1.807, 2.05) is 6.07 Å². The number of piperazine rings is 1. The van der Waals surface area contributed by atoms with Crippen LogP contribution in [0.25, 0.3) is 11.0 Å². The molecule has 4 rings (SSSR count). The van der Waals surface area contributed by atoms with Gasteiger partial charge in [-0.2, -0.15) is 0 Å². The lowest BCUT2D eigenvalue weighted by Crippen LogP contribution is -2.46. The number of nitrogens with one attached hydrogen (secondary N) is 1. The number of imidazole rings is 1. The van der Waals surface area contributed by atoms with Gasteiger partial charge >= 0.3 is 0 Å². The summed E-state index contributed by atoms with van der Waals surface area (Å²) < 4.78 is 0.181. The summed E-state index contributed by atoms with van der Waals surface area (Å²) in [6.45, 7) is 11.3. The van der Waals surface area contributed by atoms with E-state index in [9.17, 15) is 0 Å². The molecule has 3 heterocycles. The van der Waals surface area contributed by atoms with Crippen molar-refractivity contribution in [2.45, 2.75) is 49.6 Å². The van der Waals surface area contributed by atoms with Gasteiger partial charge < -0.3 is 9.88 Å². The zero-order valence-electron chi connectivity index (χ0n) is 14.6. The Morgan fingerprint density at radius 3 is 2.96 bits per heavy atom. The number of hydrogen-bond acceptors (Lipinski definition) is 4. The van der Waals surface area contributed by atoms with E-state index in [1.165, 1.54) is 19.5 Å². The summed E-state index contributed by atoms with van der Waals surface area (Å²) in [5.41, 5.74) is 3.21. The Morgan fingerprint density at radius 1 is 1.33 bits per heavy atom. The van der Waals surface area contributed by atoms with E-state index in [0.29, 0.717) is 6.04 Å². The number of nitrogens with zero attached hydrogens (tertiary/aromatic N) is 3. The largest absolute Gasteiger partial charge is 0.365 e. The van der Waals surface area contributed by atoms with Crippen LogP contribution in [0.2, 0.25) is 5.02 Å². The predicted octanol–water partition coefficient (Wildman–Crippen LogP) is 4.39. The number of fused-ring (bicyclic) bond motifs is 3. The SMILES string of the molecule is CCC(C)(C)Sc1nc2cc(Cl)c(N3CCN4CCC3C4)cc2[nH]1. The monoisotopic (exact) mass is 364 g/mol. The van der Waals surface area contributed by atoms with Crippen LogP contribution in [0.1, 0.15) is 33.6 Å². The molecular weight excluding hydrogens is 340 g/mol. The maximum atomic E-state index is 6.63. The van der Waals surface area contributed by atoms with Gasteiger partial charge in [0.05, 0.1) is 21.7 Å². The number of aromatic nitrogens is 2. The molecule has 2 aliphatic heterocycles. The molecule has 1 aromatic carbocycles. The standard InChI is InChI=1S/C18H25ClN4S/c1-4-18(2,3)24-17-20-14-9-13(19)16(10-15(14)21-17)23-8-7-22-6-5-12(23)11-22/h9-10,12H,4-8,11H2,1-3H3,(H,20,21). The molecule has 0 aliphatic carbocycles. The van der Waals surface area contributed by atoms with E-state index in [-0.39, 0.29) is 4.75 Å². The number of anilines is 1. The molecule has 2 bridgehead atoms. The van der Waals surface area contributed by atoms with Crippen LogP contribution < -0.4 is 4.90 Å². The zero-order valence-corrected chi connectivity index (χ0v) is 16.2. The minimum atomic E-state index is 0.181. The topological polar surface area (TPSA) is 35.2 Å². The molecule has 0 radical (unpaired) electrons. The molecule has 1 aromatic heterocycles. The average molecular weight is 365 g/mol. The van der Waals surface area contributed by atoms with Crippen LogP contribution in [0.5, 0.6) is 0 Å². The first-order chi connectivity index (χ1) is 11.4. The molecule has 2 aromatic rings. The Bertz CT molecular complexity index is 757. The third-order valence-corrected chi connectivity index (χ3v) is 6.94. The van der Waals surface area contributed by atoms with Crippen molar-refractivity contribution in [1.82, 2.24) is 14.9 Å². The van der Waals surface area contributed by atoms with E-state index in [2.05, 4.69) is 41.6 Å². The van der Waals surface area contributed by atoms with E-state index < -0.39 is 0 Å². The number of aromatic amines is 1. The van der Waals surface area contributed by atoms with Crippen molar-refractivity contribution in [3.8, 4) is 0 Å². The fourth-order valence-electron chi connectivity index (χ4n) is 3.62. The number of benzene rings is 1. The molecule has 2 atom stereocenters. The highest BCUT2D eigenvalue weighted by Crippen LogP contribution is 2.38. The van der Waals surface area contributed by atoms with Crippen LogP contribution in [0, 0.1) is 0 Å². The lowest BCUT2D eigenvalue weighted by molar-refractivity contribution is 0.311. The first-order valence-corrected chi connectivity index (χ1v) is 10.0. The van der Waals surface area contributed by atoms with Crippen LogP contribution in [0.3, 0.4) is 0 Å². The molecule has 130 valence electrons. The zero-order chi connectivity index (χ0) is 16.9. The molecule has 0 spiro atoms. The van der Waals surface area contributed by atoms with Crippen LogP contribution in [-0.2, 0) is 0 Å². The van der Waals surface area contributed by atoms with Gasteiger partial charge in [0.25, 0.3) is 0 Å². The lowest BCUT2D eigenvalue weighted by atomic mass is 10.1. The lowest BCUT2D eigenvalue weighted by Gasteiger charge is -2.36. The predicted molar refractivity (Wildman–Crippen MR) is 104 cm³/mol. The van der Waals surface area contributed by atoms with Crippen molar-refractivity contribution in [3.05, 3.63) is 17.2 Å². The highest BCUT2D eigenvalue weighted by atomic mass is 35.5. The van der Waals surface area contributed by atoms with E-state index in [0.717, 1.165) is 46.4 Å². The molecule has 2 fully saturated rings. The van der Waals surface area contributed by atoms with E-state index in [1.54, 1.807) is 11.8 Å². The summed E-state index contributed by atoms with van der Waals surface area (Å²) in [6, 6.07) is 4.82. The van der Waals surface area contributed by atoms with E-state index in [4.69, 9.17) is 16.6 Å². The second kappa shape index (κ2) is 6.11. The molecule has 1 N–H and O–H groups in total. The Hall–Kier alpha value is -0.910. The first-order valence-electron chi connectivity index (χ1n) is 8.82. The Morgan fingerprint density at radius 2 is 2.17 bits per heavy atom. The van der Waals surface area contributed by atoms with E-state index >= 15 is 0 Å². The molecule has 0 saturated carbocycles. The highest BCUT2D eigenvalue weighted by molar-refractivity contribution is 8.00. The number of rotatable bonds is 4. The third-order valence-electron chi connectivity index (χ3n) is 5.41. The van der Waals surface area contributed by atoms with Crippen molar-refractivity contribution < 1.29 is 0 Å². The van der Waals surface area contributed by atoms with Gasteiger partial charge in [0.15, 0.2) is 5.16 Å². The van der Waals surface area contributed by atoms with Crippen molar-refractivity contribution in [3.63, 3.8) is 0 Å². The smallest absolute Gasteiger partial charge is 0.166 e. The Kier molecular flexibility index (Phi) is 4.22. The molecule has 0 amide bonds. The van der Waals surface area contributed by atoms with Gasteiger partial charge in [-0.05, 0) is 25.0 Å². The molecule has 6 heteroatoms. The van der Waals surface area contributed by atoms with Gasteiger partial charge in [-0.3, -0.25) is 4.90 Å². The Balaban J connectivity index is 1.66. The van der Waals surface area contributed by atoms with Gasteiger partial charge in [0.2, 0.25) is 0 Å². The normalized spacial score (nSPS) is 24.1. The maximum absolute atomic E-state index is 6.63.